The number of fused-ring (bicyclic) bond motifs is 1. The molecule has 0 radical (unpaired) electrons. The lowest BCUT2D eigenvalue weighted by Crippen LogP contribution is -2.26. The van der Waals surface area contributed by atoms with Gasteiger partial charge in [-0.3, -0.25) is 19.2 Å². The Kier molecular flexibility index (Phi) is 4.83. The van der Waals surface area contributed by atoms with Crippen molar-refractivity contribution in [2.45, 2.75) is 12.8 Å². The van der Waals surface area contributed by atoms with Gasteiger partial charge in [-0.25, -0.2) is 8.42 Å². The first-order chi connectivity index (χ1) is 13.8. The number of rotatable bonds is 4. The van der Waals surface area contributed by atoms with E-state index in [-0.39, 0.29) is 17.3 Å². The quantitative estimate of drug-likeness (QED) is 0.436. The zero-order valence-electron chi connectivity index (χ0n) is 15.5. The first-order valence-electron chi connectivity index (χ1n) is 9.22. The zero-order valence-corrected chi connectivity index (χ0v) is 16.3. The van der Waals surface area contributed by atoms with E-state index >= 15 is 0 Å². The first-order valence-corrected chi connectivity index (χ1v) is 10.8. The largest absolute Gasteiger partial charge is 0.308 e. The molecule has 0 saturated carbocycles. The molecule has 0 unspecified atom stereocenters. The van der Waals surface area contributed by atoms with Gasteiger partial charge in [0.25, 0.3) is 11.6 Å². The highest BCUT2D eigenvalue weighted by Crippen LogP contribution is 2.32. The van der Waals surface area contributed by atoms with Gasteiger partial charge < -0.3 is 4.90 Å². The third kappa shape index (κ3) is 3.73. The summed E-state index contributed by atoms with van der Waals surface area (Å²) in [5, 5.41) is 11.0. The van der Waals surface area contributed by atoms with Crippen LogP contribution in [0.25, 0.3) is 6.08 Å². The minimum absolute atomic E-state index is 0.0418. The Balaban J connectivity index is 1.49. The average Bonchev–Trinajstić information content (AvgIpc) is 3.28. The van der Waals surface area contributed by atoms with Crippen LogP contribution < -0.4 is 9.21 Å². The molecule has 0 bridgehead atoms. The fourth-order valence-electron chi connectivity index (χ4n) is 3.65. The number of nitro groups is 1. The Morgan fingerprint density at radius 2 is 1.86 bits per heavy atom. The Morgan fingerprint density at radius 3 is 2.52 bits per heavy atom. The normalized spacial score (nSPS) is 17.7. The molecule has 2 aromatic carbocycles. The maximum atomic E-state index is 12.6. The molecule has 0 atom stereocenters. The molecule has 9 heteroatoms. The van der Waals surface area contributed by atoms with Crippen molar-refractivity contribution in [1.82, 2.24) is 0 Å². The third-order valence-electron chi connectivity index (χ3n) is 5.14. The van der Waals surface area contributed by atoms with Crippen LogP contribution in [0.15, 0.2) is 48.5 Å². The van der Waals surface area contributed by atoms with Gasteiger partial charge in [-0.05, 0) is 42.2 Å². The summed E-state index contributed by atoms with van der Waals surface area (Å²) in [6.45, 7) is 0.960. The number of anilines is 2. The van der Waals surface area contributed by atoms with Gasteiger partial charge in [0, 0.05) is 31.3 Å². The van der Waals surface area contributed by atoms with Crippen molar-refractivity contribution in [2.24, 2.45) is 0 Å². The standard InChI is InChI=1S/C20H19N3O5S/c24-20(21-12-10-16-5-8-18(23(25)26)14-19(16)21)9-4-15-2-6-17(7-3-15)22-11-1-13-29(22,27)28/h2-9,14H,1,10-13H2/b9-4+. The predicted molar refractivity (Wildman–Crippen MR) is 110 cm³/mol. The number of non-ortho nitro benzene ring substituents is 1. The van der Waals surface area contributed by atoms with E-state index in [1.165, 1.54) is 27.4 Å². The summed E-state index contributed by atoms with van der Waals surface area (Å²) in [6.07, 6.45) is 4.36. The third-order valence-corrected chi connectivity index (χ3v) is 7.01. The second kappa shape index (κ2) is 7.32. The van der Waals surface area contributed by atoms with Crippen LogP contribution in [0.4, 0.5) is 17.1 Å². The highest BCUT2D eigenvalue weighted by atomic mass is 32.2. The van der Waals surface area contributed by atoms with Gasteiger partial charge in [0.2, 0.25) is 10.0 Å². The molecule has 2 aliphatic rings. The van der Waals surface area contributed by atoms with Crippen molar-refractivity contribution < 1.29 is 18.1 Å². The molecule has 1 fully saturated rings. The fourth-order valence-corrected chi connectivity index (χ4v) is 5.21. The van der Waals surface area contributed by atoms with Gasteiger partial charge >= 0.3 is 0 Å². The number of hydrogen-bond donors (Lipinski definition) is 0. The summed E-state index contributed by atoms with van der Waals surface area (Å²) in [6, 6.07) is 11.5. The van der Waals surface area contributed by atoms with E-state index in [1.54, 1.807) is 36.4 Å². The van der Waals surface area contributed by atoms with Crippen LogP contribution in [0.2, 0.25) is 0 Å². The smallest absolute Gasteiger partial charge is 0.271 e. The second-order valence-electron chi connectivity index (χ2n) is 6.98. The first kappa shape index (κ1) is 19.1. The lowest BCUT2D eigenvalue weighted by atomic mass is 10.1. The second-order valence-corrected chi connectivity index (χ2v) is 8.99. The van der Waals surface area contributed by atoms with Crippen molar-refractivity contribution in [3.8, 4) is 0 Å². The number of carbonyl (C=O) groups is 1. The van der Waals surface area contributed by atoms with Crippen LogP contribution in [0.3, 0.4) is 0 Å². The predicted octanol–water partition coefficient (Wildman–Crippen LogP) is 2.74. The molecule has 0 aromatic heterocycles. The van der Waals surface area contributed by atoms with Crippen LogP contribution in [0.1, 0.15) is 17.5 Å². The number of carbonyl (C=O) groups excluding carboxylic acids is 1. The van der Waals surface area contributed by atoms with E-state index in [2.05, 4.69) is 0 Å². The van der Waals surface area contributed by atoms with Gasteiger partial charge in [-0.1, -0.05) is 18.2 Å². The Labute approximate surface area is 168 Å². The molecule has 2 aromatic rings. The molecular weight excluding hydrogens is 394 g/mol. The minimum Gasteiger partial charge on any atom is -0.308 e. The van der Waals surface area contributed by atoms with E-state index in [0.717, 1.165) is 11.1 Å². The number of nitrogens with zero attached hydrogens (tertiary/aromatic N) is 3. The molecule has 0 N–H and O–H groups in total. The van der Waals surface area contributed by atoms with Crippen LogP contribution in [0.5, 0.6) is 0 Å². The number of nitro benzene ring substituents is 1. The topological polar surface area (TPSA) is 101 Å². The number of amides is 1. The monoisotopic (exact) mass is 413 g/mol. The van der Waals surface area contributed by atoms with Gasteiger partial charge in [0.05, 0.1) is 22.1 Å². The van der Waals surface area contributed by atoms with Gasteiger partial charge in [0.1, 0.15) is 0 Å². The molecule has 29 heavy (non-hydrogen) atoms. The molecule has 1 amide bonds. The molecule has 1 saturated heterocycles. The summed E-state index contributed by atoms with van der Waals surface area (Å²) in [4.78, 5) is 24.7. The number of benzene rings is 2. The lowest BCUT2D eigenvalue weighted by Gasteiger charge is -2.17. The molecule has 2 aliphatic heterocycles. The highest BCUT2D eigenvalue weighted by Gasteiger charge is 2.28. The van der Waals surface area contributed by atoms with Crippen LogP contribution in [-0.4, -0.2) is 38.1 Å². The summed E-state index contributed by atoms with van der Waals surface area (Å²) < 4.78 is 25.4. The maximum Gasteiger partial charge on any atom is 0.271 e. The highest BCUT2D eigenvalue weighted by molar-refractivity contribution is 7.93. The van der Waals surface area contributed by atoms with Crippen LogP contribution in [-0.2, 0) is 21.2 Å². The van der Waals surface area contributed by atoms with Crippen molar-refractivity contribution in [2.75, 3.05) is 28.0 Å². The number of sulfonamides is 1. The maximum absolute atomic E-state index is 12.6. The summed E-state index contributed by atoms with van der Waals surface area (Å²) in [5.41, 5.74) is 2.82. The molecular formula is C20H19N3O5S. The van der Waals surface area contributed by atoms with Crippen molar-refractivity contribution in [3.63, 3.8) is 0 Å². The van der Waals surface area contributed by atoms with Gasteiger partial charge in [-0.15, -0.1) is 0 Å². The number of hydrogen-bond acceptors (Lipinski definition) is 5. The average molecular weight is 413 g/mol. The van der Waals surface area contributed by atoms with Crippen molar-refractivity contribution in [1.29, 1.82) is 0 Å². The SMILES string of the molecule is O=C(/C=C/c1ccc(N2CCCS2(=O)=O)cc1)N1CCc2ccc([N+](=O)[O-])cc21. The van der Waals surface area contributed by atoms with E-state index in [9.17, 15) is 23.3 Å². The molecule has 0 spiro atoms. The van der Waals surface area contributed by atoms with Crippen molar-refractivity contribution in [3.05, 3.63) is 69.8 Å². The molecule has 8 nitrogen and oxygen atoms in total. The lowest BCUT2D eigenvalue weighted by molar-refractivity contribution is -0.384. The Hall–Kier alpha value is -3.20. The summed E-state index contributed by atoms with van der Waals surface area (Å²) in [5.74, 6) is -0.0889. The zero-order chi connectivity index (χ0) is 20.6. The summed E-state index contributed by atoms with van der Waals surface area (Å²) >= 11 is 0. The van der Waals surface area contributed by atoms with E-state index in [1.807, 2.05) is 0 Å². The van der Waals surface area contributed by atoms with Gasteiger partial charge in [0.15, 0.2) is 0 Å². The van der Waals surface area contributed by atoms with E-state index < -0.39 is 14.9 Å². The Bertz CT molecular complexity index is 1110. The van der Waals surface area contributed by atoms with Crippen LogP contribution in [0, 0.1) is 10.1 Å². The fraction of sp³-hybridized carbons (Fsp3) is 0.250. The minimum atomic E-state index is -3.22. The van der Waals surface area contributed by atoms with E-state index in [0.29, 0.717) is 37.3 Å². The Morgan fingerprint density at radius 1 is 1.10 bits per heavy atom. The van der Waals surface area contributed by atoms with Crippen LogP contribution >= 0.6 is 0 Å². The summed E-state index contributed by atoms with van der Waals surface area (Å²) in [7, 11) is -3.22. The molecule has 150 valence electrons. The molecule has 2 heterocycles. The molecule has 4 rings (SSSR count). The van der Waals surface area contributed by atoms with Gasteiger partial charge in [-0.2, -0.15) is 0 Å². The van der Waals surface area contributed by atoms with Crippen molar-refractivity contribution >= 4 is 39.1 Å². The van der Waals surface area contributed by atoms with E-state index in [4.69, 9.17) is 0 Å². The molecule has 0 aliphatic carbocycles.